The Balaban J connectivity index is 2.29. The normalized spacial score (nSPS) is 11.9. The largest absolute Gasteiger partial charge is 0.497 e. The highest BCUT2D eigenvalue weighted by Gasteiger charge is 2.13. The second kappa shape index (κ2) is 9.66. The summed E-state index contributed by atoms with van der Waals surface area (Å²) in [6.45, 7) is 5.94. The Morgan fingerprint density at radius 2 is 2.05 bits per heavy atom. The van der Waals surface area contributed by atoms with Crippen molar-refractivity contribution in [2.24, 2.45) is 0 Å². The van der Waals surface area contributed by atoms with Crippen molar-refractivity contribution in [3.63, 3.8) is 0 Å². The first-order chi connectivity index (χ1) is 9.67. The predicted octanol–water partition coefficient (Wildman–Crippen LogP) is 2.72. The van der Waals surface area contributed by atoms with Gasteiger partial charge in [-0.25, -0.2) is 0 Å². The van der Waals surface area contributed by atoms with Gasteiger partial charge in [0.05, 0.1) is 12.4 Å². The Bertz CT molecular complexity index is 395. The Kier molecular flexibility index (Phi) is 8.14. The zero-order valence-electron chi connectivity index (χ0n) is 12.3. The molecule has 5 heteroatoms. The van der Waals surface area contributed by atoms with Crippen LogP contribution in [-0.2, 0) is 9.53 Å². The minimum atomic E-state index is -0.115. The maximum Gasteiger partial charge on any atom is 0.233 e. The van der Waals surface area contributed by atoms with Crippen LogP contribution in [0, 0.1) is 0 Å². The third kappa shape index (κ3) is 6.30. The van der Waals surface area contributed by atoms with Crippen LogP contribution in [0.25, 0.3) is 0 Å². The van der Waals surface area contributed by atoms with E-state index in [2.05, 4.69) is 5.32 Å². The summed E-state index contributed by atoms with van der Waals surface area (Å²) in [5, 5.41) is 2.80. The first-order valence-electron chi connectivity index (χ1n) is 6.83. The molecule has 0 heterocycles. The number of benzene rings is 1. The van der Waals surface area contributed by atoms with Crippen LogP contribution in [0.1, 0.15) is 20.3 Å². The van der Waals surface area contributed by atoms with E-state index in [9.17, 15) is 4.79 Å². The molecule has 0 aliphatic heterocycles. The van der Waals surface area contributed by atoms with E-state index in [0.717, 1.165) is 23.7 Å². The smallest absolute Gasteiger partial charge is 0.233 e. The molecular weight excluding hydrogens is 274 g/mol. The molecule has 1 aromatic carbocycles. The van der Waals surface area contributed by atoms with Gasteiger partial charge in [-0.05, 0) is 44.5 Å². The Morgan fingerprint density at radius 1 is 1.35 bits per heavy atom. The van der Waals surface area contributed by atoms with Gasteiger partial charge in [0.2, 0.25) is 5.91 Å². The van der Waals surface area contributed by atoms with Crippen LogP contribution in [-0.4, -0.2) is 38.0 Å². The van der Waals surface area contributed by atoms with Gasteiger partial charge in [-0.15, -0.1) is 11.8 Å². The van der Waals surface area contributed by atoms with E-state index in [1.807, 2.05) is 38.1 Å². The van der Waals surface area contributed by atoms with Gasteiger partial charge in [0.15, 0.2) is 0 Å². The SMILES string of the molecule is CCOCCCNC(=O)C(C)Sc1ccc(OC)cc1. The zero-order valence-corrected chi connectivity index (χ0v) is 13.2. The van der Waals surface area contributed by atoms with E-state index in [-0.39, 0.29) is 11.2 Å². The van der Waals surface area contributed by atoms with E-state index in [4.69, 9.17) is 9.47 Å². The van der Waals surface area contributed by atoms with Gasteiger partial charge in [0.25, 0.3) is 0 Å². The van der Waals surface area contributed by atoms with Crippen molar-refractivity contribution >= 4 is 17.7 Å². The highest BCUT2D eigenvalue weighted by molar-refractivity contribution is 8.00. The van der Waals surface area contributed by atoms with Crippen molar-refractivity contribution in [2.75, 3.05) is 26.9 Å². The van der Waals surface area contributed by atoms with Crippen molar-refractivity contribution in [1.29, 1.82) is 0 Å². The van der Waals surface area contributed by atoms with Crippen molar-refractivity contribution < 1.29 is 14.3 Å². The lowest BCUT2D eigenvalue weighted by Gasteiger charge is -2.12. The van der Waals surface area contributed by atoms with Crippen molar-refractivity contribution in [1.82, 2.24) is 5.32 Å². The molecule has 0 saturated heterocycles. The quantitative estimate of drug-likeness (QED) is 0.562. The molecule has 20 heavy (non-hydrogen) atoms. The van der Waals surface area contributed by atoms with Gasteiger partial charge in [0.1, 0.15) is 5.75 Å². The molecule has 0 fully saturated rings. The first kappa shape index (κ1) is 16.9. The first-order valence-corrected chi connectivity index (χ1v) is 7.71. The molecule has 0 aliphatic carbocycles. The standard InChI is InChI=1S/C15H23NO3S/c1-4-19-11-5-10-16-15(17)12(2)20-14-8-6-13(18-3)7-9-14/h6-9,12H,4-5,10-11H2,1-3H3,(H,16,17). The second-order valence-corrected chi connectivity index (χ2v) is 5.69. The molecule has 1 rings (SSSR count). The molecular formula is C15H23NO3S. The number of hydrogen-bond acceptors (Lipinski definition) is 4. The van der Waals surface area contributed by atoms with Crippen LogP contribution in [0.3, 0.4) is 0 Å². The Labute approximate surface area is 125 Å². The van der Waals surface area contributed by atoms with E-state index >= 15 is 0 Å². The summed E-state index contributed by atoms with van der Waals surface area (Å²) in [4.78, 5) is 13.0. The second-order valence-electron chi connectivity index (χ2n) is 4.28. The Hall–Kier alpha value is -1.20. The van der Waals surface area contributed by atoms with Crippen molar-refractivity contribution in [3.8, 4) is 5.75 Å². The molecule has 1 N–H and O–H groups in total. The molecule has 0 radical (unpaired) electrons. The van der Waals surface area contributed by atoms with Crippen LogP contribution in [0.4, 0.5) is 0 Å². The average molecular weight is 297 g/mol. The fourth-order valence-electron chi connectivity index (χ4n) is 1.59. The highest BCUT2D eigenvalue weighted by atomic mass is 32.2. The molecule has 1 aromatic rings. The average Bonchev–Trinajstić information content (AvgIpc) is 2.47. The summed E-state index contributed by atoms with van der Waals surface area (Å²) in [5.74, 6) is 0.879. The number of thioether (sulfide) groups is 1. The fourth-order valence-corrected chi connectivity index (χ4v) is 2.48. The van der Waals surface area contributed by atoms with Gasteiger partial charge in [-0.3, -0.25) is 4.79 Å². The number of ether oxygens (including phenoxy) is 2. The maximum atomic E-state index is 11.9. The maximum absolute atomic E-state index is 11.9. The topological polar surface area (TPSA) is 47.6 Å². The third-order valence-corrected chi connectivity index (χ3v) is 3.82. The van der Waals surface area contributed by atoms with Gasteiger partial charge >= 0.3 is 0 Å². The summed E-state index contributed by atoms with van der Waals surface area (Å²) in [6.07, 6.45) is 0.847. The number of methoxy groups -OCH3 is 1. The lowest BCUT2D eigenvalue weighted by Crippen LogP contribution is -2.32. The summed E-state index contributed by atoms with van der Waals surface area (Å²) in [6, 6.07) is 7.72. The number of amides is 1. The molecule has 4 nitrogen and oxygen atoms in total. The van der Waals surface area contributed by atoms with E-state index < -0.39 is 0 Å². The molecule has 0 saturated carbocycles. The summed E-state index contributed by atoms with van der Waals surface area (Å²) < 4.78 is 10.3. The number of nitrogens with one attached hydrogen (secondary N) is 1. The molecule has 1 unspecified atom stereocenters. The molecule has 0 spiro atoms. The molecule has 1 atom stereocenters. The number of carbonyl (C=O) groups is 1. The number of hydrogen-bond donors (Lipinski definition) is 1. The van der Waals surface area contributed by atoms with Gasteiger partial charge in [-0.2, -0.15) is 0 Å². The lowest BCUT2D eigenvalue weighted by atomic mass is 10.3. The van der Waals surface area contributed by atoms with Crippen molar-refractivity contribution in [3.05, 3.63) is 24.3 Å². The number of carbonyl (C=O) groups excluding carboxylic acids is 1. The zero-order chi connectivity index (χ0) is 14.8. The summed E-state index contributed by atoms with van der Waals surface area (Å²) in [7, 11) is 1.64. The van der Waals surface area contributed by atoms with E-state index in [1.165, 1.54) is 0 Å². The fraction of sp³-hybridized carbons (Fsp3) is 0.533. The molecule has 112 valence electrons. The monoisotopic (exact) mass is 297 g/mol. The molecule has 1 amide bonds. The van der Waals surface area contributed by atoms with Crippen molar-refractivity contribution in [2.45, 2.75) is 30.4 Å². The van der Waals surface area contributed by atoms with Crippen LogP contribution in [0.15, 0.2) is 29.2 Å². The van der Waals surface area contributed by atoms with Gasteiger partial charge in [0, 0.05) is 24.7 Å². The summed E-state index contributed by atoms with van der Waals surface area (Å²) in [5.41, 5.74) is 0. The minimum absolute atomic E-state index is 0.0577. The molecule has 0 aromatic heterocycles. The predicted molar refractivity (Wildman–Crippen MR) is 82.4 cm³/mol. The third-order valence-electron chi connectivity index (χ3n) is 2.71. The van der Waals surface area contributed by atoms with E-state index in [0.29, 0.717) is 13.2 Å². The van der Waals surface area contributed by atoms with Crippen LogP contribution >= 0.6 is 11.8 Å². The van der Waals surface area contributed by atoms with Gasteiger partial charge in [-0.1, -0.05) is 0 Å². The minimum Gasteiger partial charge on any atom is -0.497 e. The highest BCUT2D eigenvalue weighted by Crippen LogP contribution is 2.25. The van der Waals surface area contributed by atoms with Gasteiger partial charge < -0.3 is 14.8 Å². The number of rotatable bonds is 9. The molecule has 0 aliphatic rings. The summed E-state index contributed by atoms with van der Waals surface area (Å²) >= 11 is 1.54. The van der Waals surface area contributed by atoms with Crippen LogP contribution in [0.5, 0.6) is 5.75 Å². The lowest BCUT2D eigenvalue weighted by molar-refractivity contribution is -0.120. The van der Waals surface area contributed by atoms with E-state index in [1.54, 1.807) is 18.9 Å². The van der Waals surface area contributed by atoms with Crippen LogP contribution < -0.4 is 10.1 Å². The molecule has 0 bridgehead atoms. The van der Waals surface area contributed by atoms with Crippen LogP contribution in [0.2, 0.25) is 0 Å². The Morgan fingerprint density at radius 3 is 2.65 bits per heavy atom.